The van der Waals surface area contributed by atoms with Crippen LogP contribution in [0.15, 0.2) is 23.7 Å². The van der Waals surface area contributed by atoms with Gasteiger partial charge in [0.2, 0.25) is 0 Å². The third-order valence-electron chi connectivity index (χ3n) is 2.62. The molecule has 18 heavy (non-hydrogen) atoms. The summed E-state index contributed by atoms with van der Waals surface area (Å²) in [5.41, 5.74) is 3.61. The van der Waals surface area contributed by atoms with Crippen molar-refractivity contribution in [1.82, 2.24) is 4.98 Å². The Morgan fingerprint density at radius 1 is 1.44 bits per heavy atom. The number of aryl methyl sites for hydroxylation is 1. The molecule has 3 nitrogen and oxygen atoms in total. The molecule has 0 fully saturated rings. The number of ether oxygens (including phenoxy) is 1. The number of rotatable bonds is 5. The first kappa shape index (κ1) is 13.3. The van der Waals surface area contributed by atoms with E-state index in [9.17, 15) is 5.11 Å². The summed E-state index contributed by atoms with van der Waals surface area (Å²) in [5, 5.41) is 9.83. The van der Waals surface area contributed by atoms with Gasteiger partial charge in [-0.05, 0) is 25.1 Å². The first-order valence-corrected chi connectivity index (χ1v) is 6.87. The van der Waals surface area contributed by atoms with Gasteiger partial charge in [-0.1, -0.05) is 11.6 Å². The highest BCUT2D eigenvalue weighted by Gasteiger charge is 2.05. The van der Waals surface area contributed by atoms with Gasteiger partial charge in [0.1, 0.15) is 5.75 Å². The number of hydrogen-bond donors (Lipinski definition) is 1. The summed E-state index contributed by atoms with van der Waals surface area (Å²) < 4.78 is 5.67. The Balaban J connectivity index is 1.96. The molecule has 2 rings (SSSR count). The Hall–Kier alpha value is -1.10. The summed E-state index contributed by atoms with van der Waals surface area (Å²) in [7, 11) is 0. The minimum Gasteiger partial charge on any atom is -0.493 e. The lowest BCUT2D eigenvalue weighted by atomic mass is 10.2. The van der Waals surface area contributed by atoms with Crippen LogP contribution in [-0.4, -0.2) is 16.7 Å². The molecule has 0 spiro atoms. The molecule has 1 aromatic carbocycles. The highest BCUT2D eigenvalue weighted by Crippen LogP contribution is 2.23. The van der Waals surface area contributed by atoms with Gasteiger partial charge < -0.3 is 9.84 Å². The second kappa shape index (κ2) is 6.18. The van der Waals surface area contributed by atoms with E-state index < -0.39 is 0 Å². The van der Waals surface area contributed by atoms with Gasteiger partial charge >= 0.3 is 0 Å². The zero-order valence-electron chi connectivity index (χ0n) is 10.0. The zero-order valence-corrected chi connectivity index (χ0v) is 11.6. The average molecular weight is 284 g/mol. The molecule has 0 radical (unpaired) electrons. The van der Waals surface area contributed by atoms with Crippen LogP contribution < -0.4 is 4.74 Å². The van der Waals surface area contributed by atoms with Gasteiger partial charge in [0, 0.05) is 21.9 Å². The number of benzene rings is 1. The fourth-order valence-corrected chi connectivity index (χ4v) is 2.59. The number of aliphatic hydroxyl groups excluding tert-OH is 1. The Morgan fingerprint density at radius 3 is 2.94 bits per heavy atom. The highest BCUT2D eigenvalue weighted by atomic mass is 35.5. The van der Waals surface area contributed by atoms with Crippen LogP contribution in [0.1, 0.15) is 16.1 Å². The van der Waals surface area contributed by atoms with Crippen molar-refractivity contribution < 1.29 is 9.84 Å². The maximum atomic E-state index is 9.22. The van der Waals surface area contributed by atoms with Gasteiger partial charge in [0.25, 0.3) is 0 Å². The van der Waals surface area contributed by atoms with Crippen LogP contribution in [0.2, 0.25) is 5.02 Å². The maximum Gasteiger partial charge on any atom is 0.124 e. The van der Waals surface area contributed by atoms with Crippen molar-refractivity contribution in [2.24, 2.45) is 0 Å². The molecule has 1 heterocycles. The predicted molar refractivity (Wildman–Crippen MR) is 73.4 cm³/mol. The standard InChI is InChI=1S/C13H14ClNO2S/c1-9-13(18-8-15-9)4-5-17-12-3-2-11(14)6-10(12)7-16/h2-3,6,8,16H,4-5,7H2,1H3. The second-order valence-corrected chi connectivity index (χ2v) is 5.25. The minimum atomic E-state index is -0.0739. The van der Waals surface area contributed by atoms with Crippen molar-refractivity contribution in [1.29, 1.82) is 0 Å². The van der Waals surface area contributed by atoms with Gasteiger partial charge in [-0.3, -0.25) is 0 Å². The normalized spacial score (nSPS) is 10.6. The smallest absolute Gasteiger partial charge is 0.124 e. The molecule has 5 heteroatoms. The van der Waals surface area contributed by atoms with E-state index in [2.05, 4.69) is 4.98 Å². The number of aliphatic hydroxyl groups is 1. The molecule has 0 amide bonds. The first-order chi connectivity index (χ1) is 8.70. The van der Waals surface area contributed by atoms with E-state index in [1.54, 1.807) is 29.5 Å². The van der Waals surface area contributed by atoms with Crippen molar-refractivity contribution in [3.63, 3.8) is 0 Å². The maximum absolute atomic E-state index is 9.22. The lowest BCUT2D eigenvalue weighted by Gasteiger charge is -2.10. The molecule has 1 N–H and O–H groups in total. The summed E-state index contributed by atoms with van der Waals surface area (Å²) in [5.74, 6) is 0.684. The highest BCUT2D eigenvalue weighted by molar-refractivity contribution is 7.09. The average Bonchev–Trinajstić information content (AvgIpc) is 2.77. The number of nitrogens with zero attached hydrogens (tertiary/aromatic N) is 1. The molecule has 0 saturated carbocycles. The number of aromatic nitrogens is 1. The van der Waals surface area contributed by atoms with Gasteiger partial charge in [-0.2, -0.15) is 0 Å². The number of hydrogen-bond acceptors (Lipinski definition) is 4. The van der Waals surface area contributed by atoms with Gasteiger partial charge in [-0.25, -0.2) is 4.98 Å². The van der Waals surface area contributed by atoms with Crippen LogP contribution >= 0.6 is 22.9 Å². The largest absolute Gasteiger partial charge is 0.493 e. The molecule has 1 aromatic heterocycles. The SMILES string of the molecule is Cc1ncsc1CCOc1ccc(Cl)cc1CO. The fourth-order valence-electron chi connectivity index (χ4n) is 1.63. The van der Waals surface area contributed by atoms with E-state index in [4.69, 9.17) is 16.3 Å². The first-order valence-electron chi connectivity index (χ1n) is 5.61. The molecule has 0 aliphatic carbocycles. The lowest BCUT2D eigenvalue weighted by Crippen LogP contribution is -2.03. The van der Waals surface area contributed by atoms with E-state index in [1.165, 1.54) is 4.88 Å². The van der Waals surface area contributed by atoms with E-state index in [1.807, 2.05) is 12.4 Å². The van der Waals surface area contributed by atoms with Crippen molar-refractivity contribution in [3.05, 3.63) is 44.9 Å². The van der Waals surface area contributed by atoms with Crippen LogP contribution in [0.5, 0.6) is 5.75 Å². The molecule has 0 aliphatic heterocycles. The summed E-state index contributed by atoms with van der Waals surface area (Å²) >= 11 is 7.49. The predicted octanol–water partition coefficient (Wildman–Crippen LogP) is 3.22. The van der Waals surface area contributed by atoms with E-state index in [-0.39, 0.29) is 6.61 Å². The molecule has 0 saturated heterocycles. The van der Waals surface area contributed by atoms with E-state index >= 15 is 0 Å². The van der Waals surface area contributed by atoms with Crippen LogP contribution in [-0.2, 0) is 13.0 Å². The van der Waals surface area contributed by atoms with Crippen LogP contribution in [0, 0.1) is 6.92 Å². The zero-order chi connectivity index (χ0) is 13.0. The Labute approximate surface area is 115 Å². The second-order valence-electron chi connectivity index (χ2n) is 3.87. The monoisotopic (exact) mass is 283 g/mol. The van der Waals surface area contributed by atoms with Gasteiger partial charge in [-0.15, -0.1) is 11.3 Å². The molecule has 96 valence electrons. The fraction of sp³-hybridized carbons (Fsp3) is 0.308. The summed E-state index contributed by atoms with van der Waals surface area (Å²) in [6.07, 6.45) is 0.823. The van der Waals surface area contributed by atoms with Crippen molar-refractivity contribution >= 4 is 22.9 Å². The van der Waals surface area contributed by atoms with Crippen LogP contribution in [0.25, 0.3) is 0 Å². The van der Waals surface area contributed by atoms with Crippen molar-refractivity contribution in [2.75, 3.05) is 6.61 Å². The molecular weight excluding hydrogens is 270 g/mol. The van der Waals surface area contributed by atoms with Gasteiger partial charge in [0.05, 0.1) is 24.4 Å². The molecule has 0 unspecified atom stereocenters. The minimum absolute atomic E-state index is 0.0739. The summed E-state index contributed by atoms with van der Waals surface area (Å²) in [6.45, 7) is 2.49. The van der Waals surface area contributed by atoms with E-state index in [0.29, 0.717) is 22.9 Å². The van der Waals surface area contributed by atoms with Crippen molar-refractivity contribution in [3.8, 4) is 5.75 Å². The molecular formula is C13H14ClNO2S. The van der Waals surface area contributed by atoms with Crippen LogP contribution in [0.3, 0.4) is 0 Å². The van der Waals surface area contributed by atoms with Crippen LogP contribution in [0.4, 0.5) is 0 Å². The van der Waals surface area contributed by atoms with Gasteiger partial charge in [0.15, 0.2) is 0 Å². The molecule has 0 bridgehead atoms. The lowest BCUT2D eigenvalue weighted by molar-refractivity contribution is 0.264. The Kier molecular flexibility index (Phi) is 4.58. The number of thiazole rings is 1. The van der Waals surface area contributed by atoms with Crippen molar-refractivity contribution in [2.45, 2.75) is 20.0 Å². The molecule has 0 aliphatic rings. The Morgan fingerprint density at radius 2 is 2.28 bits per heavy atom. The topological polar surface area (TPSA) is 42.4 Å². The molecule has 0 atom stereocenters. The Bertz CT molecular complexity index is 527. The molecule has 2 aromatic rings. The van der Waals surface area contributed by atoms with E-state index in [0.717, 1.165) is 12.1 Å². The number of halogens is 1. The third kappa shape index (κ3) is 3.22. The summed E-state index contributed by atoms with van der Waals surface area (Å²) in [6, 6.07) is 5.26. The quantitative estimate of drug-likeness (QED) is 0.916. The third-order valence-corrected chi connectivity index (χ3v) is 3.85. The summed E-state index contributed by atoms with van der Waals surface area (Å²) in [4.78, 5) is 5.42.